The summed E-state index contributed by atoms with van der Waals surface area (Å²) in [5.41, 5.74) is 5.43. The van der Waals surface area contributed by atoms with Gasteiger partial charge in [-0.05, 0) is 30.9 Å². The van der Waals surface area contributed by atoms with Gasteiger partial charge in [-0.25, -0.2) is 8.78 Å². The summed E-state index contributed by atoms with van der Waals surface area (Å²) in [5, 5.41) is 2.67. The maximum Gasteiger partial charge on any atom is 0.246 e. The number of ether oxygens (including phenoxy) is 1. The molecule has 2 rings (SSSR count). The number of carbonyl (C=O) groups excluding carboxylic acids is 2. The highest BCUT2D eigenvalue weighted by Crippen LogP contribution is 2.18. The number of aryl methyl sites for hydroxylation is 1. The predicted molar refractivity (Wildman–Crippen MR) is 74.8 cm³/mol. The molecular formula is C15H18F2N2O3. The number of hydrogen-bond donors (Lipinski definition) is 2. The van der Waals surface area contributed by atoms with E-state index in [0.717, 1.165) is 12.1 Å². The van der Waals surface area contributed by atoms with Crippen LogP contribution in [0.4, 0.5) is 8.78 Å². The zero-order chi connectivity index (χ0) is 16.1. The number of primary amides is 1. The lowest BCUT2D eigenvalue weighted by Crippen LogP contribution is -2.34. The van der Waals surface area contributed by atoms with E-state index in [9.17, 15) is 18.4 Å². The van der Waals surface area contributed by atoms with Crippen molar-refractivity contribution >= 4 is 11.8 Å². The molecule has 1 saturated heterocycles. The van der Waals surface area contributed by atoms with Gasteiger partial charge in [0.2, 0.25) is 11.8 Å². The van der Waals surface area contributed by atoms with Crippen molar-refractivity contribution in [3.63, 3.8) is 0 Å². The third kappa shape index (κ3) is 4.49. The molecule has 3 N–H and O–H groups in total. The Morgan fingerprint density at radius 1 is 1.32 bits per heavy atom. The van der Waals surface area contributed by atoms with E-state index in [0.29, 0.717) is 18.4 Å². The van der Waals surface area contributed by atoms with Crippen LogP contribution in [-0.2, 0) is 20.7 Å². The molecule has 1 aromatic carbocycles. The van der Waals surface area contributed by atoms with E-state index in [1.54, 1.807) is 0 Å². The number of benzene rings is 1. The summed E-state index contributed by atoms with van der Waals surface area (Å²) in [6.07, 6.45) is 0.665. The molecule has 0 spiro atoms. The van der Waals surface area contributed by atoms with Crippen LogP contribution in [0, 0.1) is 11.6 Å². The maximum atomic E-state index is 13.4. The van der Waals surface area contributed by atoms with Gasteiger partial charge in [0.25, 0.3) is 0 Å². The highest BCUT2D eigenvalue weighted by atomic mass is 19.1. The number of amides is 2. The first-order chi connectivity index (χ1) is 10.5. The minimum Gasteiger partial charge on any atom is -0.367 e. The lowest BCUT2D eigenvalue weighted by Gasteiger charge is -2.12. The van der Waals surface area contributed by atoms with E-state index >= 15 is 0 Å². The highest BCUT2D eigenvalue weighted by molar-refractivity contribution is 5.79. The first-order valence-corrected chi connectivity index (χ1v) is 7.11. The van der Waals surface area contributed by atoms with Gasteiger partial charge in [0.05, 0.1) is 6.10 Å². The third-order valence-electron chi connectivity index (χ3n) is 3.59. The summed E-state index contributed by atoms with van der Waals surface area (Å²) in [6.45, 7) is 0.286. The molecule has 2 atom stereocenters. The monoisotopic (exact) mass is 312 g/mol. The van der Waals surface area contributed by atoms with Gasteiger partial charge in [-0.2, -0.15) is 0 Å². The fourth-order valence-electron chi connectivity index (χ4n) is 2.35. The molecule has 5 nitrogen and oxygen atoms in total. The Labute approximate surface area is 126 Å². The summed E-state index contributed by atoms with van der Waals surface area (Å²) in [4.78, 5) is 22.7. The molecule has 1 fully saturated rings. The van der Waals surface area contributed by atoms with E-state index in [2.05, 4.69) is 5.32 Å². The van der Waals surface area contributed by atoms with Crippen LogP contribution in [0.5, 0.6) is 0 Å². The average Bonchev–Trinajstić information content (AvgIpc) is 2.93. The number of hydrogen-bond acceptors (Lipinski definition) is 3. The number of halogens is 2. The van der Waals surface area contributed by atoms with Crippen LogP contribution in [0.25, 0.3) is 0 Å². The van der Waals surface area contributed by atoms with Gasteiger partial charge >= 0.3 is 0 Å². The number of carbonyl (C=O) groups is 2. The molecule has 2 amide bonds. The number of nitrogens with two attached hydrogens (primary N) is 1. The van der Waals surface area contributed by atoms with E-state index in [1.165, 1.54) is 6.07 Å². The quantitative estimate of drug-likeness (QED) is 0.823. The topological polar surface area (TPSA) is 81.4 Å². The average molecular weight is 312 g/mol. The van der Waals surface area contributed by atoms with Gasteiger partial charge in [0.1, 0.15) is 17.7 Å². The first-order valence-electron chi connectivity index (χ1n) is 7.11. The van der Waals surface area contributed by atoms with Crippen LogP contribution >= 0.6 is 0 Å². The Kier molecular flexibility index (Phi) is 5.43. The summed E-state index contributed by atoms with van der Waals surface area (Å²) in [7, 11) is 0. The van der Waals surface area contributed by atoms with Gasteiger partial charge in [-0.1, -0.05) is 6.07 Å². The molecule has 1 aromatic rings. The Bertz CT molecular complexity index is 566. The summed E-state index contributed by atoms with van der Waals surface area (Å²) >= 11 is 0. The molecule has 7 heteroatoms. The summed E-state index contributed by atoms with van der Waals surface area (Å²) in [6, 6.07) is 3.28. The first kappa shape index (κ1) is 16.4. The van der Waals surface area contributed by atoms with Crippen molar-refractivity contribution in [1.82, 2.24) is 5.32 Å². The SMILES string of the molecule is NC(=O)[C@H]1CC[C@H](CNC(=O)CCc2ccc(F)cc2F)O1. The van der Waals surface area contributed by atoms with Crippen molar-refractivity contribution in [1.29, 1.82) is 0 Å². The van der Waals surface area contributed by atoms with Crippen LogP contribution in [-0.4, -0.2) is 30.6 Å². The van der Waals surface area contributed by atoms with Crippen LogP contribution in [0.2, 0.25) is 0 Å². The second-order valence-electron chi connectivity index (χ2n) is 5.27. The predicted octanol–water partition coefficient (Wildman–Crippen LogP) is 1.05. The fourth-order valence-corrected chi connectivity index (χ4v) is 2.35. The second kappa shape index (κ2) is 7.31. The molecule has 1 heterocycles. The summed E-state index contributed by atoms with van der Waals surface area (Å²) < 4.78 is 31.6. The number of rotatable bonds is 6. The van der Waals surface area contributed by atoms with Crippen LogP contribution in [0.1, 0.15) is 24.8 Å². The zero-order valence-electron chi connectivity index (χ0n) is 12.0. The largest absolute Gasteiger partial charge is 0.367 e. The molecule has 0 unspecified atom stereocenters. The molecule has 1 aliphatic heterocycles. The van der Waals surface area contributed by atoms with Crippen LogP contribution in [0.15, 0.2) is 18.2 Å². The second-order valence-corrected chi connectivity index (χ2v) is 5.27. The molecular weight excluding hydrogens is 294 g/mol. The van der Waals surface area contributed by atoms with E-state index in [1.807, 2.05) is 0 Å². The minimum absolute atomic E-state index is 0.0918. The van der Waals surface area contributed by atoms with Crippen LogP contribution < -0.4 is 11.1 Å². The lowest BCUT2D eigenvalue weighted by atomic mass is 10.1. The Morgan fingerprint density at radius 2 is 2.09 bits per heavy atom. The van der Waals surface area contributed by atoms with Gasteiger partial charge in [0.15, 0.2) is 0 Å². The van der Waals surface area contributed by atoms with Gasteiger partial charge in [-0.15, -0.1) is 0 Å². The Balaban J connectivity index is 1.71. The molecule has 120 valence electrons. The van der Waals surface area contributed by atoms with Gasteiger partial charge in [-0.3, -0.25) is 9.59 Å². The van der Waals surface area contributed by atoms with Gasteiger partial charge < -0.3 is 15.8 Å². The molecule has 0 bridgehead atoms. The van der Waals surface area contributed by atoms with Crippen LogP contribution in [0.3, 0.4) is 0 Å². The Hall–Kier alpha value is -2.02. The zero-order valence-corrected chi connectivity index (χ0v) is 12.0. The molecule has 0 radical (unpaired) electrons. The van der Waals surface area contributed by atoms with Crippen molar-refractivity contribution in [2.75, 3.05) is 6.54 Å². The van der Waals surface area contributed by atoms with E-state index in [4.69, 9.17) is 10.5 Å². The highest BCUT2D eigenvalue weighted by Gasteiger charge is 2.29. The third-order valence-corrected chi connectivity index (χ3v) is 3.59. The Morgan fingerprint density at radius 3 is 2.73 bits per heavy atom. The van der Waals surface area contributed by atoms with Crippen molar-refractivity contribution in [2.24, 2.45) is 5.73 Å². The van der Waals surface area contributed by atoms with Crippen molar-refractivity contribution in [3.8, 4) is 0 Å². The standard InChI is InChI=1S/C15H18F2N2O3/c16-10-3-1-9(12(17)7-10)2-6-14(20)19-8-11-4-5-13(22-11)15(18)21/h1,3,7,11,13H,2,4-6,8H2,(H2,18,21)(H,19,20)/t11-,13-/m1/s1. The summed E-state index contributed by atoms with van der Waals surface area (Å²) in [5.74, 6) is -2.06. The molecule has 0 aromatic heterocycles. The molecule has 1 aliphatic rings. The van der Waals surface area contributed by atoms with E-state index < -0.39 is 23.6 Å². The van der Waals surface area contributed by atoms with Crippen molar-refractivity contribution in [3.05, 3.63) is 35.4 Å². The minimum atomic E-state index is -0.656. The van der Waals surface area contributed by atoms with Gasteiger partial charge in [0, 0.05) is 19.0 Å². The maximum absolute atomic E-state index is 13.4. The van der Waals surface area contributed by atoms with Crippen molar-refractivity contribution in [2.45, 2.75) is 37.9 Å². The molecule has 0 saturated carbocycles. The van der Waals surface area contributed by atoms with Crippen molar-refractivity contribution < 1.29 is 23.1 Å². The lowest BCUT2D eigenvalue weighted by molar-refractivity contribution is -0.128. The molecule has 22 heavy (non-hydrogen) atoms. The fraction of sp³-hybridized carbons (Fsp3) is 0.467. The number of nitrogens with one attached hydrogen (secondary N) is 1. The smallest absolute Gasteiger partial charge is 0.246 e. The normalized spacial score (nSPS) is 20.8. The molecule has 0 aliphatic carbocycles. The van der Waals surface area contributed by atoms with E-state index in [-0.39, 0.29) is 31.4 Å².